The van der Waals surface area contributed by atoms with E-state index in [1.807, 2.05) is 15.9 Å². The highest BCUT2D eigenvalue weighted by Crippen LogP contribution is 2.62. The van der Waals surface area contributed by atoms with E-state index in [4.69, 9.17) is 0 Å². The number of rotatable bonds is 1. The van der Waals surface area contributed by atoms with E-state index in [1.165, 1.54) is 10.9 Å². The van der Waals surface area contributed by atoms with Crippen molar-refractivity contribution in [3.63, 3.8) is 0 Å². The van der Waals surface area contributed by atoms with E-state index < -0.39 is 0 Å². The molecule has 3 atom stereocenters. The van der Waals surface area contributed by atoms with Crippen LogP contribution in [0.1, 0.15) is 56.8 Å². The molecule has 144 valence electrons. The lowest BCUT2D eigenvalue weighted by Crippen LogP contribution is -2.68. The standard InChI is InChI=1S/C23H25N3O2/c1-13(2)12-17-19-18(14-6-3-4-7-15(14)24-19)23(9-10-23)20-22(28)25-11-5-8-16(25)21(27)26(17)20/h3-4,6-7,12,16-17,20,24H,5,8-11H2,1-2H3/t16-,17-,20-/m0/s1. The first-order valence-corrected chi connectivity index (χ1v) is 10.4. The monoisotopic (exact) mass is 375 g/mol. The summed E-state index contributed by atoms with van der Waals surface area (Å²) in [7, 11) is 0. The Morgan fingerprint density at radius 2 is 1.96 bits per heavy atom. The van der Waals surface area contributed by atoms with Crippen LogP contribution in [0.4, 0.5) is 0 Å². The number of hydrogen-bond donors (Lipinski definition) is 1. The second-order valence-electron chi connectivity index (χ2n) is 9.14. The third-order valence-electron chi connectivity index (χ3n) is 7.22. The fourth-order valence-corrected chi connectivity index (χ4v) is 6.00. The van der Waals surface area contributed by atoms with Gasteiger partial charge in [-0.25, -0.2) is 0 Å². The van der Waals surface area contributed by atoms with Gasteiger partial charge in [0.05, 0.1) is 6.04 Å². The molecule has 2 saturated heterocycles. The first-order valence-electron chi connectivity index (χ1n) is 10.4. The van der Waals surface area contributed by atoms with Crippen LogP contribution < -0.4 is 0 Å². The molecule has 1 spiro atoms. The Morgan fingerprint density at radius 1 is 1.18 bits per heavy atom. The molecule has 4 aliphatic rings. The number of hydrogen-bond acceptors (Lipinski definition) is 2. The molecule has 0 unspecified atom stereocenters. The topological polar surface area (TPSA) is 56.4 Å². The van der Waals surface area contributed by atoms with E-state index in [9.17, 15) is 9.59 Å². The largest absolute Gasteiger partial charge is 0.356 e. The zero-order chi connectivity index (χ0) is 19.2. The number of fused-ring (bicyclic) bond motifs is 7. The lowest BCUT2D eigenvalue weighted by atomic mass is 9.76. The van der Waals surface area contributed by atoms with Crippen LogP contribution in [0.3, 0.4) is 0 Å². The van der Waals surface area contributed by atoms with Gasteiger partial charge in [0.1, 0.15) is 12.1 Å². The van der Waals surface area contributed by atoms with Crippen molar-refractivity contribution in [2.24, 2.45) is 0 Å². The van der Waals surface area contributed by atoms with Gasteiger partial charge in [0.15, 0.2) is 0 Å². The van der Waals surface area contributed by atoms with Crippen molar-refractivity contribution in [1.29, 1.82) is 0 Å². The van der Waals surface area contributed by atoms with Gasteiger partial charge in [0.25, 0.3) is 0 Å². The molecule has 1 N–H and O–H groups in total. The lowest BCUT2D eigenvalue weighted by Gasteiger charge is -2.51. The summed E-state index contributed by atoms with van der Waals surface area (Å²) in [5, 5.41) is 1.21. The number of carbonyl (C=O) groups excluding carboxylic acids is 2. The minimum absolute atomic E-state index is 0.139. The highest BCUT2D eigenvalue weighted by molar-refractivity contribution is 6.01. The van der Waals surface area contributed by atoms with Crippen molar-refractivity contribution in [2.45, 2.75) is 63.1 Å². The van der Waals surface area contributed by atoms with Crippen molar-refractivity contribution in [1.82, 2.24) is 14.8 Å². The smallest absolute Gasteiger partial charge is 0.247 e. The summed E-state index contributed by atoms with van der Waals surface area (Å²) in [6.45, 7) is 4.86. The fourth-order valence-electron chi connectivity index (χ4n) is 6.00. The number of allylic oxidation sites excluding steroid dienone is 1. The molecule has 28 heavy (non-hydrogen) atoms. The van der Waals surface area contributed by atoms with Gasteiger partial charge >= 0.3 is 0 Å². The maximum atomic E-state index is 13.6. The van der Waals surface area contributed by atoms with Gasteiger partial charge in [0, 0.05) is 28.6 Å². The van der Waals surface area contributed by atoms with Gasteiger partial charge in [-0.1, -0.05) is 29.8 Å². The predicted octanol–water partition coefficient (Wildman–Crippen LogP) is 3.42. The molecule has 1 aromatic heterocycles. The molecule has 1 saturated carbocycles. The van der Waals surface area contributed by atoms with Crippen molar-refractivity contribution in [3.8, 4) is 0 Å². The van der Waals surface area contributed by atoms with Crippen LogP contribution in [0.2, 0.25) is 0 Å². The Kier molecular flexibility index (Phi) is 3.09. The average molecular weight is 375 g/mol. The highest BCUT2D eigenvalue weighted by atomic mass is 16.2. The number of para-hydroxylation sites is 1. The number of piperazine rings is 1. The molecule has 2 amide bonds. The highest BCUT2D eigenvalue weighted by Gasteiger charge is 2.66. The molecule has 4 heterocycles. The lowest BCUT2D eigenvalue weighted by molar-refractivity contribution is -0.164. The van der Waals surface area contributed by atoms with Crippen LogP contribution in [-0.4, -0.2) is 45.2 Å². The second-order valence-corrected chi connectivity index (χ2v) is 9.14. The summed E-state index contributed by atoms with van der Waals surface area (Å²) in [5.74, 6) is 0.308. The summed E-state index contributed by atoms with van der Waals surface area (Å²) in [6.07, 6.45) is 5.83. The molecule has 1 aromatic carbocycles. The Morgan fingerprint density at radius 3 is 2.71 bits per heavy atom. The summed E-state index contributed by atoms with van der Waals surface area (Å²) in [5.41, 5.74) is 4.44. The number of benzene rings is 1. The van der Waals surface area contributed by atoms with E-state index in [2.05, 4.69) is 43.1 Å². The maximum Gasteiger partial charge on any atom is 0.247 e. The zero-order valence-electron chi connectivity index (χ0n) is 16.4. The quantitative estimate of drug-likeness (QED) is 0.777. The van der Waals surface area contributed by atoms with Gasteiger partial charge in [-0.2, -0.15) is 0 Å². The number of nitrogens with one attached hydrogen (secondary N) is 1. The second kappa shape index (κ2) is 5.28. The summed E-state index contributed by atoms with van der Waals surface area (Å²) in [4.78, 5) is 34.7. The zero-order valence-corrected chi connectivity index (χ0v) is 16.4. The number of aromatic amines is 1. The molecule has 5 nitrogen and oxygen atoms in total. The third-order valence-corrected chi connectivity index (χ3v) is 7.22. The van der Waals surface area contributed by atoms with Gasteiger partial charge in [-0.3, -0.25) is 9.59 Å². The molecule has 3 fully saturated rings. The number of carbonyl (C=O) groups is 2. The van der Waals surface area contributed by atoms with Crippen molar-refractivity contribution in [3.05, 3.63) is 47.2 Å². The average Bonchev–Trinajstić information content (AvgIpc) is 3.13. The summed E-state index contributed by atoms with van der Waals surface area (Å²) in [6, 6.07) is 7.55. The molecular weight excluding hydrogens is 350 g/mol. The Bertz CT molecular complexity index is 1060. The minimum atomic E-state index is -0.360. The molecule has 6 rings (SSSR count). The van der Waals surface area contributed by atoms with E-state index >= 15 is 0 Å². The van der Waals surface area contributed by atoms with Crippen LogP contribution in [0.5, 0.6) is 0 Å². The molecule has 0 bridgehead atoms. The summed E-state index contributed by atoms with van der Waals surface area (Å²) < 4.78 is 0. The van der Waals surface area contributed by atoms with E-state index in [0.29, 0.717) is 0 Å². The first kappa shape index (κ1) is 16.4. The van der Waals surface area contributed by atoms with Gasteiger partial charge in [-0.05, 0) is 51.2 Å². The van der Waals surface area contributed by atoms with Crippen LogP contribution in [0.15, 0.2) is 35.9 Å². The van der Waals surface area contributed by atoms with E-state index in [1.54, 1.807) is 0 Å². The molecule has 0 radical (unpaired) electrons. The van der Waals surface area contributed by atoms with Gasteiger partial charge in [-0.15, -0.1) is 0 Å². The van der Waals surface area contributed by atoms with E-state index in [0.717, 1.165) is 49.0 Å². The van der Waals surface area contributed by atoms with Crippen LogP contribution in [0, 0.1) is 0 Å². The molecule has 5 heteroatoms. The number of aromatic nitrogens is 1. The molecule has 2 aromatic rings. The van der Waals surface area contributed by atoms with Crippen LogP contribution >= 0.6 is 0 Å². The number of amides is 2. The first-order chi connectivity index (χ1) is 13.5. The molecule has 3 aliphatic heterocycles. The number of H-pyrrole nitrogens is 1. The predicted molar refractivity (Wildman–Crippen MR) is 107 cm³/mol. The minimum Gasteiger partial charge on any atom is -0.356 e. The number of nitrogens with zero attached hydrogens (tertiary/aromatic N) is 2. The van der Waals surface area contributed by atoms with Crippen molar-refractivity contribution in [2.75, 3.05) is 6.54 Å². The van der Waals surface area contributed by atoms with Crippen LogP contribution in [0.25, 0.3) is 10.9 Å². The van der Waals surface area contributed by atoms with E-state index in [-0.39, 0.29) is 35.4 Å². The maximum absolute atomic E-state index is 13.6. The normalized spacial score (nSPS) is 29.7. The Balaban J connectivity index is 1.65. The fraction of sp³-hybridized carbons (Fsp3) is 0.478. The Hall–Kier alpha value is -2.56. The summed E-state index contributed by atoms with van der Waals surface area (Å²) >= 11 is 0. The van der Waals surface area contributed by atoms with Gasteiger partial charge < -0.3 is 14.8 Å². The van der Waals surface area contributed by atoms with Crippen LogP contribution in [-0.2, 0) is 15.0 Å². The third kappa shape index (κ3) is 1.87. The van der Waals surface area contributed by atoms with Crippen molar-refractivity contribution >= 4 is 22.7 Å². The SMILES string of the molecule is CC(C)=C[C@H]1c2[nH]c3ccccc3c2C2(CC2)[C@@H]2C(=O)N3CCC[C@H]3C(=O)N21. The Labute approximate surface area is 164 Å². The van der Waals surface area contributed by atoms with Gasteiger partial charge in [0.2, 0.25) is 11.8 Å². The molecular formula is C23H25N3O2. The van der Waals surface area contributed by atoms with Crippen molar-refractivity contribution < 1.29 is 9.59 Å². The molecule has 1 aliphatic carbocycles.